The smallest absolute Gasteiger partial charge is 0.261 e. The third-order valence-corrected chi connectivity index (χ3v) is 5.52. The molecule has 0 aliphatic heterocycles. The molecule has 0 saturated carbocycles. The van der Waals surface area contributed by atoms with Crippen molar-refractivity contribution in [3.63, 3.8) is 0 Å². The van der Waals surface area contributed by atoms with Crippen LogP contribution in [0.15, 0.2) is 78.0 Å². The molecular formula is C22H23N3O4S. The largest absolute Gasteiger partial charge is 0.374 e. The predicted octanol–water partition coefficient (Wildman–Crippen LogP) is 4.06. The van der Waals surface area contributed by atoms with Gasteiger partial charge in [0.15, 0.2) is 0 Å². The zero-order chi connectivity index (χ0) is 21.6. The van der Waals surface area contributed by atoms with E-state index in [4.69, 9.17) is 4.74 Å². The standard InChI is InChI=1S/C22H23N3O4S/c1-16(2)29-15-17-4-3-5-20(14-17)24-22(26)18-6-8-21(9-7-18)30(27,28)25-19-10-12-23-13-11-19/h3-14,16H,15H2,1-2H3,(H,23,25)(H,24,26). The van der Waals surface area contributed by atoms with Gasteiger partial charge in [0.1, 0.15) is 0 Å². The Morgan fingerprint density at radius 3 is 2.37 bits per heavy atom. The Hall–Kier alpha value is -3.23. The van der Waals surface area contributed by atoms with Crippen molar-refractivity contribution in [3.05, 3.63) is 84.2 Å². The van der Waals surface area contributed by atoms with Crippen LogP contribution < -0.4 is 10.0 Å². The van der Waals surface area contributed by atoms with Crippen molar-refractivity contribution in [1.82, 2.24) is 4.98 Å². The number of hydrogen-bond acceptors (Lipinski definition) is 5. The highest BCUT2D eigenvalue weighted by Crippen LogP contribution is 2.18. The van der Waals surface area contributed by atoms with E-state index >= 15 is 0 Å². The number of carbonyl (C=O) groups excluding carboxylic acids is 1. The topological polar surface area (TPSA) is 97.4 Å². The number of benzene rings is 2. The van der Waals surface area contributed by atoms with Crippen molar-refractivity contribution < 1.29 is 17.9 Å². The van der Waals surface area contributed by atoms with E-state index < -0.39 is 10.0 Å². The van der Waals surface area contributed by atoms with Crippen LogP contribution in [0.2, 0.25) is 0 Å². The molecule has 3 aromatic rings. The first-order chi connectivity index (χ1) is 14.3. The molecule has 0 aliphatic rings. The van der Waals surface area contributed by atoms with Crippen LogP contribution in [0.25, 0.3) is 0 Å². The Bertz CT molecular complexity index is 1100. The second-order valence-corrected chi connectivity index (χ2v) is 8.56. The van der Waals surface area contributed by atoms with Gasteiger partial charge < -0.3 is 10.1 Å². The highest BCUT2D eigenvalue weighted by Gasteiger charge is 2.15. The zero-order valence-electron chi connectivity index (χ0n) is 16.7. The monoisotopic (exact) mass is 425 g/mol. The first-order valence-electron chi connectivity index (χ1n) is 9.38. The van der Waals surface area contributed by atoms with Crippen LogP contribution >= 0.6 is 0 Å². The van der Waals surface area contributed by atoms with E-state index in [1.165, 1.54) is 36.7 Å². The molecule has 0 bridgehead atoms. The molecule has 3 rings (SSSR count). The van der Waals surface area contributed by atoms with Crippen LogP contribution in [-0.2, 0) is 21.4 Å². The van der Waals surface area contributed by atoms with E-state index in [2.05, 4.69) is 15.0 Å². The number of aromatic nitrogens is 1. The summed E-state index contributed by atoms with van der Waals surface area (Å²) in [5, 5.41) is 2.82. The maximum atomic E-state index is 12.5. The quantitative estimate of drug-likeness (QED) is 0.567. The average molecular weight is 426 g/mol. The first-order valence-corrected chi connectivity index (χ1v) is 10.9. The van der Waals surface area contributed by atoms with Gasteiger partial charge in [-0.25, -0.2) is 8.42 Å². The minimum atomic E-state index is -3.76. The van der Waals surface area contributed by atoms with Crippen molar-refractivity contribution >= 4 is 27.3 Å². The van der Waals surface area contributed by atoms with Gasteiger partial charge in [0.25, 0.3) is 15.9 Å². The number of anilines is 2. The Labute approximate surface area is 176 Å². The Balaban J connectivity index is 1.67. The molecule has 0 atom stereocenters. The molecule has 1 heterocycles. The Morgan fingerprint density at radius 2 is 1.70 bits per heavy atom. The second-order valence-electron chi connectivity index (χ2n) is 6.88. The summed E-state index contributed by atoms with van der Waals surface area (Å²) in [6.07, 6.45) is 3.11. The molecule has 2 N–H and O–H groups in total. The van der Waals surface area contributed by atoms with Gasteiger partial charge in [-0.15, -0.1) is 0 Å². The summed E-state index contributed by atoms with van der Waals surface area (Å²) in [7, 11) is -3.76. The molecular weight excluding hydrogens is 402 g/mol. The number of amides is 1. The maximum absolute atomic E-state index is 12.5. The molecule has 0 radical (unpaired) electrons. The van der Waals surface area contributed by atoms with Gasteiger partial charge >= 0.3 is 0 Å². The molecule has 0 saturated heterocycles. The lowest BCUT2D eigenvalue weighted by molar-refractivity contribution is 0.0657. The van der Waals surface area contributed by atoms with E-state index in [1.54, 1.807) is 18.2 Å². The number of nitrogens with zero attached hydrogens (tertiary/aromatic N) is 1. The van der Waals surface area contributed by atoms with Gasteiger partial charge in [-0.3, -0.25) is 14.5 Å². The fourth-order valence-corrected chi connectivity index (χ4v) is 3.68. The molecule has 0 spiro atoms. The maximum Gasteiger partial charge on any atom is 0.261 e. The molecule has 1 amide bonds. The number of sulfonamides is 1. The number of nitrogens with one attached hydrogen (secondary N) is 2. The fourth-order valence-electron chi connectivity index (χ4n) is 2.62. The summed E-state index contributed by atoms with van der Waals surface area (Å²) in [5.41, 5.74) is 2.35. The number of hydrogen-bond donors (Lipinski definition) is 2. The average Bonchev–Trinajstić information content (AvgIpc) is 2.73. The van der Waals surface area contributed by atoms with E-state index in [9.17, 15) is 13.2 Å². The molecule has 8 heteroatoms. The van der Waals surface area contributed by atoms with E-state index in [-0.39, 0.29) is 16.9 Å². The third kappa shape index (κ3) is 5.88. The Kier molecular flexibility index (Phi) is 6.81. The zero-order valence-corrected chi connectivity index (χ0v) is 17.5. The van der Waals surface area contributed by atoms with Gasteiger partial charge in [-0.05, 0) is 67.9 Å². The highest BCUT2D eigenvalue weighted by atomic mass is 32.2. The van der Waals surface area contributed by atoms with Crippen LogP contribution in [-0.4, -0.2) is 25.4 Å². The summed E-state index contributed by atoms with van der Waals surface area (Å²) in [6, 6.07) is 16.2. The van der Waals surface area contributed by atoms with Crippen molar-refractivity contribution in [2.75, 3.05) is 10.0 Å². The molecule has 0 unspecified atom stereocenters. The lowest BCUT2D eigenvalue weighted by Gasteiger charge is -2.11. The molecule has 1 aromatic heterocycles. The molecule has 156 valence electrons. The molecule has 30 heavy (non-hydrogen) atoms. The van der Waals surface area contributed by atoms with Crippen LogP contribution in [0.4, 0.5) is 11.4 Å². The van der Waals surface area contributed by atoms with E-state index in [1.807, 2.05) is 32.0 Å². The molecule has 2 aromatic carbocycles. The van der Waals surface area contributed by atoms with Crippen LogP contribution in [0.5, 0.6) is 0 Å². The lowest BCUT2D eigenvalue weighted by atomic mass is 10.2. The normalized spacial score (nSPS) is 11.3. The van der Waals surface area contributed by atoms with Crippen molar-refractivity contribution in [3.8, 4) is 0 Å². The van der Waals surface area contributed by atoms with Gasteiger partial charge in [0, 0.05) is 23.6 Å². The van der Waals surface area contributed by atoms with Crippen LogP contribution in [0.1, 0.15) is 29.8 Å². The van der Waals surface area contributed by atoms with Crippen molar-refractivity contribution in [2.45, 2.75) is 31.5 Å². The van der Waals surface area contributed by atoms with Crippen molar-refractivity contribution in [2.24, 2.45) is 0 Å². The van der Waals surface area contributed by atoms with Gasteiger partial charge in [-0.1, -0.05) is 12.1 Å². The number of ether oxygens (including phenoxy) is 1. The number of carbonyl (C=O) groups is 1. The van der Waals surface area contributed by atoms with Gasteiger partial charge in [0.05, 0.1) is 23.3 Å². The first kappa shape index (κ1) is 21.5. The van der Waals surface area contributed by atoms with Crippen LogP contribution in [0.3, 0.4) is 0 Å². The minimum absolute atomic E-state index is 0.0590. The van der Waals surface area contributed by atoms with Crippen molar-refractivity contribution in [1.29, 1.82) is 0 Å². The number of pyridine rings is 1. The summed E-state index contributed by atoms with van der Waals surface area (Å²) < 4.78 is 33.0. The lowest BCUT2D eigenvalue weighted by Crippen LogP contribution is -2.15. The van der Waals surface area contributed by atoms with E-state index in [0.717, 1.165) is 5.56 Å². The molecule has 0 aliphatic carbocycles. The predicted molar refractivity (Wildman–Crippen MR) is 116 cm³/mol. The van der Waals surface area contributed by atoms with Crippen LogP contribution in [0, 0.1) is 0 Å². The molecule has 7 nitrogen and oxygen atoms in total. The second kappa shape index (κ2) is 9.51. The number of rotatable bonds is 8. The fraction of sp³-hybridized carbons (Fsp3) is 0.182. The summed E-state index contributed by atoms with van der Waals surface area (Å²) in [6.45, 7) is 4.38. The minimum Gasteiger partial charge on any atom is -0.374 e. The highest BCUT2D eigenvalue weighted by molar-refractivity contribution is 7.92. The third-order valence-electron chi connectivity index (χ3n) is 4.13. The van der Waals surface area contributed by atoms with Gasteiger partial charge in [0.2, 0.25) is 0 Å². The summed E-state index contributed by atoms with van der Waals surface area (Å²) >= 11 is 0. The molecule has 0 fully saturated rings. The summed E-state index contributed by atoms with van der Waals surface area (Å²) in [4.78, 5) is 16.4. The SMILES string of the molecule is CC(C)OCc1cccc(NC(=O)c2ccc(S(=O)(=O)Nc3ccncc3)cc2)c1. The van der Waals surface area contributed by atoms with E-state index in [0.29, 0.717) is 23.5 Å². The van der Waals surface area contributed by atoms with Gasteiger partial charge in [-0.2, -0.15) is 0 Å². The Morgan fingerprint density at radius 1 is 1.00 bits per heavy atom. The summed E-state index contributed by atoms with van der Waals surface area (Å²) in [5.74, 6) is -0.331.